The zero-order valence-corrected chi connectivity index (χ0v) is 8.39. The van der Waals surface area contributed by atoms with Gasteiger partial charge in [-0.2, -0.15) is 0 Å². The van der Waals surface area contributed by atoms with Gasteiger partial charge in [0.05, 0.1) is 5.92 Å². The van der Waals surface area contributed by atoms with Crippen molar-refractivity contribution < 1.29 is 9.90 Å². The van der Waals surface area contributed by atoms with Gasteiger partial charge in [-0.15, -0.1) is 0 Å². The van der Waals surface area contributed by atoms with E-state index in [9.17, 15) is 4.79 Å². The van der Waals surface area contributed by atoms with Gasteiger partial charge < -0.3 is 10.4 Å². The SMILES string of the molecule is O=C(O)C1CC1CNCc1cccnc1. The van der Waals surface area contributed by atoms with E-state index < -0.39 is 5.97 Å². The fraction of sp³-hybridized carbons (Fsp3) is 0.455. The highest BCUT2D eigenvalue weighted by Crippen LogP contribution is 2.37. The second-order valence-electron chi connectivity index (χ2n) is 3.93. The molecule has 1 aromatic rings. The predicted octanol–water partition coefficient (Wildman–Crippen LogP) is 0.892. The summed E-state index contributed by atoms with van der Waals surface area (Å²) >= 11 is 0. The molecule has 0 aromatic carbocycles. The molecule has 0 spiro atoms. The number of aliphatic carboxylic acids is 1. The highest BCUT2D eigenvalue weighted by atomic mass is 16.4. The van der Waals surface area contributed by atoms with Crippen LogP contribution in [0.5, 0.6) is 0 Å². The number of hydrogen-bond donors (Lipinski definition) is 2. The molecule has 1 aliphatic rings. The molecule has 1 aliphatic carbocycles. The molecule has 2 rings (SSSR count). The quantitative estimate of drug-likeness (QED) is 0.751. The summed E-state index contributed by atoms with van der Waals surface area (Å²) in [5, 5.41) is 11.9. The van der Waals surface area contributed by atoms with Crippen molar-refractivity contribution >= 4 is 5.97 Å². The van der Waals surface area contributed by atoms with E-state index in [0.717, 1.165) is 25.1 Å². The van der Waals surface area contributed by atoms with Crippen molar-refractivity contribution in [2.24, 2.45) is 11.8 Å². The van der Waals surface area contributed by atoms with E-state index in [0.29, 0.717) is 5.92 Å². The van der Waals surface area contributed by atoms with Crippen LogP contribution in [0.4, 0.5) is 0 Å². The summed E-state index contributed by atoms with van der Waals surface area (Å²) in [6.07, 6.45) is 4.37. The number of hydrogen-bond acceptors (Lipinski definition) is 3. The maximum absolute atomic E-state index is 10.6. The van der Waals surface area contributed by atoms with Crippen LogP contribution >= 0.6 is 0 Å². The maximum Gasteiger partial charge on any atom is 0.306 e. The first-order valence-corrected chi connectivity index (χ1v) is 5.10. The molecule has 4 nitrogen and oxygen atoms in total. The Morgan fingerprint density at radius 2 is 2.53 bits per heavy atom. The first-order chi connectivity index (χ1) is 7.27. The smallest absolute Gasteiger partial charge is 0.306 e. The number of aromatic nitrogens is 1. The van der Waals surface area contributed by atoms with Crippen LogP contribution in [-0.2, 0) is 11.3 Å². The Labute approximate surface area is 88.3 Å². The lowest BCUT2D eigenvalue weighted by molar-refractivity contribution is -0.138. The average molecular weight is 206 g/mol. The van der Waals surface area contributed by atoms with Gasteiger partial charge in [0.2, 0.25) is 0 Å². The summed E-state index contributed by atoms with van der Waals surface area (Å²) in [6.45, 7) is 1.54. The van der Waals surface area contributed by atoms with Gasteiger partial charge in [-0.25, -0.2) is 0 Å². The molecule has 4 heteroatoms. The summed E-state index contributed by atoms with van der Waals surface area (Å²) in [5.74, 6) is -0.464. The Balaban J connectivity index is 1.67. The number of rotatable bonds is 5. The van der Waals surface area contributed by atoms with Gasteiger partial charge in [0.1, 0.15) is 0 Å². The first kappa shape index (κ1) is 10.1. The van der Waals surface area contributed by atoms with E-state index in [2.05, 4.69) is 10.3 Å². The first-order valence-electron chi connectivity index (χ1n) is 5.10. The molecular formula is C11H14N2O2. The highest BCUT2D eigenvalue weighted by Gasteiger charge is 2.42. The zero-order chi connectivity index (χ0) is 10.7. The topological polar surface area (TPSA) is 62.2 Å². The minimum atomic E-state index is -0.664. The molecule has 1 saturated carbocycles. The molecule has 1 aromatic heterocycles. The largest absolute Gasteiger partial charge is 0.481 e. The molecule has 2 N–H and O–H groups in total. The number of carboxylic acids is 1. The third-order valence-electron chi connectivity index (χ3n) is 2.70. The van der Waals surface area contributed by atoms with Crippen molar-refractivity contribution in [2.75, 3.05) is 6.54 Å². The fourth-order valence-electron chi connectivity index (χ4n) is 1.68. The Morgan fingerprint density at radius 1 is 1.67 bits per heavy atom. The Kier molecular flexibility index (Phi) is 2.97. The highest BCUT2D eigenvalue weighted by molar-refractivity contribution is 5.73. The Hall–Kier alpha value is -1.42. The van der Waals surface area contributed by atoms with Crippen LogP contribution in [-0.4, -0.2) is 22.6 Å². The summed E-state index contributed by atoms with van der Waals surface area (Å²) in [7, 11) is 0. The minimum Gasteiger partial charge on any atom is -0.481 e. The standard InChI is InChI=1S/C11H14N2O2/c14-11(15)10-4-9(10)7-13-6-8-2-1-3-12-5-8/h1-3,5,9-10,13H,4,6-7H2,(H,14,15). The van der Waals surface area contributed by atoms with Gasteiger partial charge in [-0.1, -0.05) is 6.07 Å². The second-order valence-corrected chi connectivity index (χ2v) is 3.93. The number of nitrogens with one attached hydrogen (secondary N) is 1. The van der Waals surface area contributed by atoms with Crippen molar-refractivity contribution in [1.29, 1.82) is 0 Å². The van der Waals surface area contributed by atoms with E-state index in [1.54, 1.807) is 6.20 Å². The van der Waals surface area contributed by atoms with Crippen molar-refractivity contribution in [1.82, 2.24) is 10.3 Å². The lowest BCUT2D eigenvalue weighted by Gasteiger charge is -2.02. The molecule has 0 amide bonds. The van der Waals surface area contributed by atoms with Crippen LogP contribution < -0.4 is 5.32 Å². The summed E-state index contributed by atoms with van der Waals surface area (Å²) < 4.78 is 0. The van der Waals surface area contributed by atoms with Crippen molar-refractivity contribution in [3.63, 3.8) is 0 Å². The van der Waals surface area contributed by atoms with E-state index in [-0.39, 0.29) is 5.92 Å². The van der Waals surface area contributed by atoms with Gasteiger partial charge in [0.15, 0.2) is 0 Å². The van der Waals surface area contributed by atoms with Gasteiger partial charge in [-0.3, -0.25) is 9.78 Å². The lowest BCUT2D eigenvalue weighted by atomic mass is 10.2. The molecule has 0 saturated heterocycles. The predicted molar refractivity (Wildman–Crippen MR) is 55.2 cm³/mol. The van der Waals surface area contributed by atoms with Crippen LogP contribution in [0.2, 0.25) is 0 Å². The summed E-state index contributed by atoms with van der Waals surface area (Å²) in [5.41, 5.74) is 1.13. The van der Waals surface area contributed by atoms with Gasteiger partial charge >= 0.3 is 5.97 Å². The number of nitrogens with zero attached hydrogens (tertiary/aromatic N) is 1. The molecule has 2 unspecified atom stereocenters. The molecule has 0 aliphatic heterocycles. The van der Waals surface area contributed by atoms with Crippen LogP contribution in [0.25, 0.3) is 0 Å². The monoisotopic (exact) mass is 206 g/mol. The van der Waals surface area contributed by atoms with Crippen molar-refractivity contribution in [3.05, 3.63) is 30.1 Å². The van der Waals surface area contributed by atoms with Gasteiger partial charge in [0.25, 0.3) is 0 Å². The Bertz CT molecular complexity index is 340. The third-order valence-corrected chi connectivity index (χ3v) is 2.70. The maximum atomic E-state index is 10.6. The van der Waals surface area contributed by atoms with E-state index in [1.807, 2.05) is 18.3 Å². The number of pyridine rings is 1. The molecule has 1 heterocycles. The fourth-order valence-corrected chi connectivity index (χ4v) is 1.68. The zero-order valence-electron chi connectivity index (χ0n) is 8.39. The Morgan fingerprint density at radius 3 is 3.13 bits per heavy atom. The van der Waals surface area contributed by atoms with E-state index in [1.165, 1.54) is 0 Å². The van der Waals surface area contributed by atoms with E-state index in [4.69, 9.17) is 5.11 Å². The molecule has 0 bridgehead atoms. The van der Waals surface area contributed by atoms with Crippen molar-refractivity contribution in [2.45, 2.75) is 13.0 Å². The molecule has 15 heavy (non-hydrogen) atoms. The second kappa shape index (κ2) is 4.40. The molecule has 1 fully saturated rings. The average Bonchev–Trinajstić information content (AvgIpc) is 2.99. The summed E-state index contributed by atoms with van der Waals surface area (Å²) in [4.78, 5) is 14.6. The molecule has 80 valence electrons. The molecular weight excluding hydrogens is 192 g/mol. The lowest BCUT2D eigenvalue weighted by Crippen LogP contribution is -2.18. The molecule has 0 radical (unpaired) electrons. The van der Waals surface area contributed by atoms with Crippen molar-refractivity contribution in [3.8, 4) is 0 Å². The van der Waals surface area contributed by atoms with Gasteiger partial charge in [0, 0.05) is 18.9 Å². The van der Waals surface area contributed by atoms with E-state index >= 15 is 0 Å². The van der Waals surface area contributed by atoms with Crippen LogP contribution in [0.15, 0.2) is 24.5 Å². The normalized spacial score (nSPS) is 23.7. The van der Waals surface area contributed by atoms with Crippen LogP contribution in [0, 0.1) is 11.8 Å². The molecule has 2 atom stereocenters. The number of carbonyl (C=O) groups is 1. The number of carboxylic acid groups (broad SMARTS) is 1. The van der Waals surface area contributed by atoms with Crippen LogP contribution in [0.3, 0.4) is 0 Å². The minimum absolute atomic E-state index is 0.119. The van der Waals surface area contributed by atoms with Crippen LogP contribution in [0.1, 0.15) is 12.0 Å². The van der Waals surface area contributed by atoms with Gasteiger partial charge in [-0.05, 0) is 30.5 Å². The summed E-state index contributed by atoms with van der Waals surface area (Å²) in [6, 6.07) is 3.90. The third kappa shape index (κ3) is 2.76.